The third-order valence-corrected chi connectivity index (χ3v) is 4.18. The van der Waals surface area contributed by atoms with Crippen molar-refractivity contribution >= 4 is 17.2 Å². The summed E-state index contributed by atoms with van der Waals surface area (Å²) in [5.41, 5.74) is 1.71. The van der Waals surface area contributed by atoms with Gasteiger partial charge in [0.25, 0.3) is 5.91 Å². The number of nitrogens with one attached hydrogen (secondary N) is 1. The van der Waals surface area contributed by atoms with E-state index in [1.807, 2.05) is 6.92 Å². The van der Waals surface area contributed by atoms with Crippen LogP contribution >= 0.6 is 11.3 Å². The lowest BCUT2D eigenvalue weighted by atomic mass is 10.2. The molecule has 5 heteroatoms. The van der Waals surface area contributed by atoms with Gasteiger partial charge in [-0.1, -0.05) is 0 Å². The van der Waals surface area contributed by atoms with Crippen LogP contribution in [0.15, 0.2) is 24.3 Å². The van der Waals surface area contributed by atoms with E-state index in [-0.39, 0.29) is 5.91 Å². The Morgan fingerprint density at radius 2 is 2.00 bits per heavy atom. The SMILES string of the molecule is COc1ccc(C(=O)NCCc2nc(C)c(C)s2)cc1. The topological polar surface area (TPSA) is 51.2 Å². The van der Waals surface area contributed by atoms with Crippen LogP contribution in [0.25, 0.3) is 0 Å². The van der Waals surface area contributed by atoms with E-state index >= 15 is 0 Å². The van der Waals surface area contributed by atoms with Gasteiger partial charge in [0.15, 0.2) is 0 Å². The molecule has 106 valence electrons. The average molecular weight is 290 g/mol. The molecule has 1 N–H and O–H groups in total. The van der Waals surface area contributed by atoms with Gasteiger partial charge in [-0.25, -0.2) is 4.98 Å². The summed E-state index contributed by atoms with van der Waals surface area (Å²) in [7, 11) is 1.60. The molecule has 0 fully saturated rings. The van der Waals surface area contributed by atoms with Crippen molar-refractivity contribution in [2.75, 3.05) is 13.7 Å². The maximum absolute atomic E-state index is 11.9. The molecule has 0 saturated heterocycles. The van der Waals surface area contributed by atoms with Gasteiger partial charge in [0.1, 0.15) is 5.75 Å². The summed E-state index contributed by atoms with van der Waals surface area (Å²) < 4.78 is 5.06. The average Bonchev–Trinajstić information content (AvgIpc) is 2.77. The van der Waals surface area contributed by atoms with E-state index in [0.717, 1.165) is 22.9 Å². The van der Waals surface area contributed by atoms with Crippen molar-refractivity contribution < 1.29 is 9.53 Å². The van der Waals surface area contributed by atoms with E-state index in [1.54, 1.807) is 42.7 Å². The molecule has 1 amide bonds. The summed E-state index contributed by atoms with van der Waals surface area (Å²) in [6.45, 7) is 4.66. The number of carbonyl (C=O) groups is 1. The molecule has 4 nitrogen and oxygen atoms in total. The van der Waals surface area contributed by atoms with Crippen LogP contribution in [-0.4, -0.2) is 24.5 Å². The lowest BCUT2D eigenvalue weighted by Crippen LogP contribution is -2.25. The summed E-state index contributed by atoms with van der Waals surface area (Å²) in [6.07, 6.45) is 0.765. The van der Waals surface area contributed by atoms with Crippen LogP contribution in [-0.2, 0) is 6.42 Å². The Balaban J connectivity index is 1.85. The van der Waals surface area contributed by atoms with Gasteiger partial charge in [-0.3, -0.25) is 4.79 Å². The Kier molecular flexibility index (Phi) is 4.74. The summed E-state index contributed by atoms with van der Waals surface area (Å²) in [5, 5.41) is 3.97. The number of amides is 1. The fourth-order valence-corrected chi connectivity index (χ4v) is 2.71. The number of aryl methyl sites for hydroxylation is 2. The van der Waals surface area contributed by atoms with Gasteiger partial charge < -0.3 is 10.1 Å². The number of ether oxygens (including phenoxy) is 1. The first-order valence-electron chi connectivity index (χ1n) is 6.45. The largest absolute Gasteiger partial charge is 0.497 e. The van der Waals surface area contributed by atoms with Crippen LogP contribution in [0.4, 0.5) is 0 Å². The number of nitrogens with zero attached hydrogens (tertiary/aromatic N) is 1. The van der Waals surface area contributed by atoms with Gasteiger partial charge in [0, 0.05) is 23.4 Å². The molecule has 0 aliphatic carbocycles. The monoisotopic (exact) mass is 290 g/mol. The van der Waals surface area contributed by atoms with Crippen molar-refractivity contribution in [3.8, 4) is 5.75 Å². The molecule has 1 aromatic heterocycles. The van der Waals surface area contributed by atoms with Gasteiger partial charge in [-0.05, 0) is 38.1 Å². The number of rotatable bonds is 5. The van der Waals surface area contributed by atoms with E-state index < -0.39 is 0 Å². The molecular formula is C15H18N2O2S. The second-order valence-electron chi connectivity index (χ2n) is 4.48. The molecule has 2 rings (SSSR count). The number of hydrogen-bond donors (Lipinski definition) is 1. The number of aromatic nitrogens is 1. The second kappa shape index (κ2) is 6.52. The van der Waals surface area contributed by atoms with Crippen molar-refractivity contribution in [2.24, 2.45) is 0 Å². The van der Waals surface area contributed by atoms with Gasteiger partial charge in [-0.15, -0.1) is 11.3 Å². The van der Waals surface area contributed by atoms with Crippen molar-refractivity contribution in [2.45, 2.75) is 20.3 Å². The Morgan fingerprint density at radius 1 is 1.30 bits per heavy atom. The first kappa shape index (κ1) is 14.5. The minimum atomic E-state index is -0.0716. The van der Waals surface area contributed by atoms with Gasteiger partial charge in [0.2, 0.25) is 0 Å². The van der Waals surface area contributed by atoms with Crippen LogP contribution in [0.3, 0.4) is 0 Å². The van der Waals surface area contributed by atoms with Gasteiger partial charge in [-0.2, -0.15) is 0 Å². The number of carbonyl (C=O) groups excluding carboxylic acids is 1. The lowest BCUT2D eigenvalue weighted by molar-refractivity contribution is 0.0954. The summed E-state index contributed by atoms with van der Waals surface area (Å²) in [6, 6.07) is 7.07. The molecular weight excluding hydrogens is 272 g/mol. The lowest BCUT2D eigenvalue weighted by Gasteiger charge is -2.05. The highest BCUT2D eigenvalue weighted by Crippen LogP contribution is 2.16. The summed E-state index contributed by atoms with van der Waals surface area (Å²) >= 11 is 1.69. The van der Waals surface area contributed by atoms with Gasteiger partial charge in [0.05, 0.1) is 17.8 Å². The Morgan fingerprint density at radius 3 is 2.55 bits per heavy atom. The molecule has 0 unspecified atom stereocenters. The summed E-state index contributed by atoms with van der Waals surface area (Å²) in [4.78, 5) is 17.6. The zero-order chi connectivity index (χ0) is 14.5. The molecule has 0 saturated carbocycles. The van der Waals surface area contributed by atoms with E-state index in [0.29, 0.717) is 12.1 Å². The van der Waals surface area contributed by atoms with Crippen molar-refractivity contribution in [3.05, 3.63) is 45.4 Å². The smallest absolute Gasteiger partial charge is 0.251 e. The molecule has 0 spiro atoms. The molecule has 0 aliphatic heterocycles. The van der Waals surface area contributed by atoms with Crippen LogP contribution in [0, 0.1) is 13.8 Å². The van der Waals surface area contributed by atoms with Crippen molar-refractivity contribution in [1.82, 2.24) is 10.3 Å². The molecule has 20 heavy (non-hydrogen) atoms. The second-order valence-corrected chi connectivity index (χ2v) is 5.77. The maximum Gasteiger partial charge on any atom is 0.251 e. The highest BCUT2D eigenvalue weighted by Gasteiger charge is 2.07. The Labute approximate surface area is 122 Å². The standard InChI is InChI=1S/C15H18N2O2S/c1-10-11(2)20-14(17-10)8-9-16-15(18)12-4-6-13(19-3)7-5-12/h4-7H,8-9H2,1-3H3,(H,16,18). The number of methoxy groups -OCH3 is 1. The van der Waals surface area contributed by atoms with Crippen LogP contribution in [0.2, 0.25) is 0 Å². The Bertz CT molecular complexity index is 571. The fourth-order valence-electron chi connectivity index (χ4n) is 1.77. The van der Waals surface area contributed by atoms with Crippen molar-refractivity contribution in [3.63, 3.8) is 0 Å². The predicted octanol–water partition coefficient (Wildman–Crippen LogP) is 2.74. The van der Waals surface area contributed by atoms with Crippen LogP contribution in [0.1, 0.15) is 25.9 Å². The molecule has 0 atom stereocenters. The highest BCUT2D eigenvalue weighted by molar-refractivity contribution is 7.11. The normalized spacial score (nSPS) is 10.3. The third-order valence-electron chi connectivity index (χ3n) is 3.05. The minimum Gasteiger partial charge on any atom is -0.497 e. The zero-order valence-corrected chi connectivity index (χ0v) is 12.7. The first-order chi connectivity index (χ1) is 9.60. The third kappa shape index (κ3) is 3.57. The van der Waals surface area contributed by atoms with E-state index in [4.69, 9.17) is 4.74 Å². The summed E-state index contributed by atoms with van der Waals surface area (Å²) in [5.74, 6) is 0.674. The highest BCUT2D eigenvalue weighted by atomic mass is 32.1. The molecule has 1 aromatic carbocycles. The molecule has 1 heterocycles. The van der Waals surface area contributed by atoms with Crippen molar-refractivity contribution in [1.29, 1.82) is 0 Å². The van der Waals surface area contributed by atoms with E-state index in [1.165, 1.54) is 4.88 Å². The van der Waals surface area contributed by atoms with Crippen LogP contribution in [0.5, 0.6) is 5.75 Å². The Hall–Kier alpha value is -1.88. The molecule has 0 aliphatic rings. The molecule has 0 radical (unpaired) electrons. The first-order valence-corrected chi connectivity index (χ1v) is 7.27. The molecule has 0 bridgehead atoms. The van der Waals surface area contributed by atoms with E-state index in [9.17, 15) is 4.79 Å². The fraction of sp³-hybridized carbons (Fsp3) is 0.333. The van der Waals surface area contributed by atoms with Gasteiger partial charge >= 0.3 is 0 Å². The van der Waals surface area contributed by atoms with E-state index in [2.05, 4.69) is 17.2 Å². The molecule has 2 aromatic rings. The maximum atomic E-state index is 11.9. The minimum absolute atomic E-state index is 0.0716. The number of benzene rings is 1. The number of thiazole rings is 1. The predicted molar refractivity (Wildman–Crippen MR) is 80.6 cm³/mol. The zero-order valence-electron chi connectivity index (χ0n) is 11.9. The number of hydrogen-bond acceptors (Lipinski definition) is 4. The van der Waals surface area contributed by atoms with Crippen LogP contribution < -0.4 is 10.1 Å². The quantitative estimate of drug-likeness (QED) is 0.921.